The first-order valence-electron chi connectivity index (χ1n) is 10.1. The van der Waals surface area contributed by atoms with Crippen LogP contribution in [-0.2, 0) is 0 Å². The smallest absolute Gasteiger partial charge is 0.256 e. The number of aromatic amines is 1. The van der Waals surface area contributed by atoms with E-state index in [0.717, 1.165) is 53.6 Å². The van der Waals surface area contributed by atoms with Gasteiger partial charge in [0.2, 0.25) is 0 Å². The van der Waals surface area contributed by atoms with Crippen LogP contribution in [0.2, 0.25) is 0 Å². The number of rotatable bonds is 2. The van der Waals surface area contributed by atoms with Gasteiger partial charge in [0.25, 0.3) is 5.91 Å². The number of H-pyrrole nitrogens is 1. The molecule has 1 amide bonds. The topological polar surface area (TPSA) is 69.5 Å². The highest BCUT2D eigenvalue weighted by Gasteiger charge is 2.41. The molecule has 0 radical (unpaired) electrons. The number of piperazine rings is 1. The van der Waals surface area contributed by atoms with Crippen LogP contribution in [0.4, 0.5) is 0 Å². The highest BCUT2D eigenvalue weighted by atomic mass is 16.2. The molecule has 1 N–H and O–H groups in total. The fourth-order valence-electron chi connectivity index (χ4n) is 5.04. The molecule has 0 aromatic carbocycles. The van der Waals surface area contributed by atoms with Crippen LogP contribution in [0, 0.1) is 0 Å². The van der Waals surface area contributed by atoms with Gasteiger partial charge in [-0.15, -0.1) is 0 Å². The summed E-state index contributed by atoms with van der Waals surface area (Å²) in [5, 5.41) is 5.23. The van der Waals surface area contributed by atoms with Crippen LogP contribution >= 0.6 is 0 Å². The molecule has 0 spiro atoms. The first-order valence-corrected chi connectivity index (χ1v) is 10.1. The lowest BCUT2D eigenvalue weighted by Gasteiger charge is -2.39. The Morgan fingerprint density at radius 3 is 2.83 bits per heavy atom. The van der Waals surface area contributed by atoms with E-state index >= 15 is 0 Å². The van der Waals surface area contributed by atoms with E-state index in [1.807, 2.05) is 35.1 Å². The summed E-state index contributed by atoms with van der Waals surface area (Å²) in [7, 11) is 2.14. The highest BCUT2D eigenvalue weighted by molar-refractivity contribution is 6.01. The normalized spacial score (nSPS) is 22.0. The zero-order chi connectivity index (χ0) is 19.5. The second-order valence-electron chi connectivity index (χ2n) is 8.26. The third-order valence-corrected chi connectivity index (χ3v) is 6.39. The Morgan fingerprint density at radius 1 is 1.17 bits per heavy atom. The van der Waals surface area contributed by atoms with E-state index in [2.05, 4.69) is 38.0 Å². The Kier molecular flexibility index (Phi) is 3.55. The van der Waals surface area contributed by atoms with Crippen molar-refractivity contribution in [3.8, 4) is 11.1 Å². The minimum atomic E-state index is 0.110. The maximum absolute atomic E-state index is 13.4. The van der Waals surface area contributed by atoms with Gasteiger partial charge in [0.05, 0.1) is 11.1 Å². The van der Waals surface area contributed by atoms with E-state index < -0.39 is 0 Å². The van der Waals surface area contributed by atoms with Gasteiger partial charge >= 0.3 is 0 Å². The third-order valence-electron chi connectivity index (χ3n) is 6.39. The van der Waals surface area contributed by atoms with E-state index in [0.29, 0.717) is 17.6 Å². The van der Waals surface area contributed by atoms with Gasteiger partial charge in [0, 0.05) is 60.9 Å². The number of hydrogen-bond donors (Lipinski definition) is 1. The van der Waals surface area contributed by atoms with E-state index in [1.54, 1.807) is 12.4 Å². The van der Waals surface area contributed by atoms with Crippen molar-refractivity contribution in [2.75, 3.05) is 20.1 Å². The minimum Gasteiger partial charge on any atom is -0.346 e. The predicted octanol–water partition coefficient (Wildman–Crippen LogP) is 2.80. The van der Waals surface area contributed by atoms with Crippen LogP contribution in [0.25, 0.3) is 27.7 Å². The van der Waals surface area contributed by atoms with Crippen molar-refractivity contribution < 1.29 is 4.79 Å². The highest BCUT2D eigenvalue weighted by Crippen LogP contribution is 2.33. The maximum Gasteiger partial charge on any atom is 0.256 e. The zero-order valence-corrected chi connectivity index (χ0v) is 16.2. The lowest BCUT2D eigenvalue weighted by atomic mass is 10.0. The molecule has 2 fully saturated rings. The van der Waals surface area contributed by atoms with E-state index in [1.165, 1.54) is 0 Å². The van der Waals surface area contributed by atoms with Crippen molar-refractivity contribution in [3.05, 3.63) is 54.6 Å². The quantitative estimate of drug-likeness (QED) is 0.575. The predicted molar refractivity (Wildman–Crippen MR) is 111 cm³/mol. The summed E-state index contributed by atoms with van der Waals surface area (Å²) in [6.45, 7) is 1.91. The first kappa shape index (κ1) is 16.7. The molecule has 29 heavy (non-hydrogen) atoms. The standard InChI is InChI=1S/C22H22N6O/c1-26-12-17-2-3-18(13-26)28(17)22(29)15-9-19-20(11-24-21(19)23-10-15)14-5-7-27-16(8-14)4-6-25-27/h4-11,17-18H,2-3,12-13H2,1H3,(H,23,24). The molecule has 2 atom stereocenters. The number of nitrogens with zero attached hydrogens (tertiary/aromatic N) is 5. The fourth-order valence-corrected chi connectivity index (χ4v) is 5.04. The maximum atomic E-state index is 13.4. The molecule has 4 aromatic heterocycles. The number of carbonyl (C=O) groups is 1. The summed E-state index contributed by atoms with van der Waals surface area (Å²) >= 11 is 0. The summed E-state index contributed by atoms with van der Waals surface area (Å²) < 4.78 is 1.84. The Labute approximate surface area is 167 Å². The van der Waals surface area contributed by atoms with Crippen molar-refractivity contribution in [2.24, 2.45) is 0 Å². The Morgan fingerprint density at radius 2 is 2.00 bits per heavy atom. The van der Waals surface area contributed by atoms with Gasteiger partial charge in [-0.2, -0.15) is 5.10 Å². The Balaban J connectivity index is 1.40. The summed E-state index contributed by atoms with van der Waals surface area (Å²) in [6.07, 6.45) is 9.61. The van der Waals surface area contributed by atoms with Gasteiger partial charge in [0.15, 0.2) is 0 Å². The average Bonchev–Trinajstić information content (AvgIpc) is 3.42. The largest absolute Gasteiger partial charge is 0.346 e. The van der Waals surface area contributed by atoms with Gasteiger partial charge in [-0.3, -0.25) is 4.79 Å². The van der Waals surface area contributed by atoms with Crippen molar-refractivity contribution >= 4 is 22.5 Å². The number of fused-ring (bicyclic) bond motifs is 4. The first-order chi connectivity index (χ1) is 14.2. The second-order valence-corrected chi connectivity index (χ2v) is 8.26. The number of amides is 1. The molecule has 2 saturated heterocycles. The molecular formula is C22H22N6O. The molecule has 0 aliphatic carbocycles. The van der Waals surface area contributed by atoms with Gasteiger partial charge in [0.1, 0.15) is 5.65 Å². The lowest BCUT2D eigenvalue weighted by molar-refractivity contribution is 0.0472. The minimum absolute atomic E-state index is 0.110. The van der Waals surface area contributed by atoms with Crippen molar-refractivity contribution in [1.29, 1.82) is 0 Å². The molecule has 2 bridgehead atoms. The molecule has 6 rings (SSSR count). The van der Waals surface area contributed by atoms with Crippen LogP contribution in [-0.4, -0.2) is 67.5 Å². The summed E-state index contributed by atoms with van der Waals surface area (Å²) in [4.78, 5) is 25.6. The number of likely N-dealkylation sites (tertiary alicyclic amines) is 1. The van der Waals surface area contributed by atoms with Crippen molar-refractivity contribution in [1.82, 2.24) is 29.4 Å². The van der Waals surface area contributed by atoms with Crippen LogP contribution in [0.1, 0.15) is 23.2 Å². The fraction of sp³-hybridized carbons (Fsp3) is 0.318. The number of nitrogens with one attached hydrogen (secondary N) is 1. The molecular weight excluding hydrogens is 364 g/mol. The number of hydrogen-bond acceptors (Lipinski definition) is 4. The Bertz CT molecular complexity index is 1230. The Hall–Kier alpha value is -3.19. The molecule has 2 unspecified atom stereocenters. The van der Waals surface area contributed by atoms with E-state index in [4.69, 9.17) is 0 Å². The number of aromatic nitrogens is 4. The molecule has 2 aliphatic heterocycles. The van der Waals surface area contributed by atoms with E-state index in [9.17, 15) is 4.79 Å². The molecule has 2 aliphatic rings. The summed E-state index contributed by atoms with van der Waals surface area (Å²) in [5.74, 6) is 0.110. The third kappa shape index (κ3) is 2.57. The lowest BCUT2D eigenvalue weighted by Crippen LogP contribution is -2.54. The summed E-state index contributed by atoms with van der Waals surface area (Å²) in [5.41, 5.74) is 4.63. The average molecular weight is 386 g/mol. The van der Waals surface area contributed by atoms with Gasteiger partial charge < -0.3 is 14.8 Å². The molecule has 0 saturated carbocycles. The SMILES string of the molecule is CN1CC2CCC(C1)N2C(=O)c1cnc2[nH]cc(-c3ccn4nccc4c3)c2c1. The van der Waals surface area contributed by atoms with Gasteiger partial charge in [-0.05, 0) is 49.7 Å². The molecule has 146 valence electrons. The molecule has 7 nitrogen and oxygen atoms in total. The number of likely N-dealkylation sites (N-methyl/N-ethyl adjacent to an activating group) is 1. The van der Waals surface area contributed by atoms with Gasteiger partial charge in [-0.25, -0.2) is 9.50 Å². The molecule has 6 heterocycles. The number of carbonyl (C=O) groups excluding carboxylic acids is 1. The van der Waals surface area contributed by atoms with Crippen molar-refractivity contribution in [2.45, 2.75) is 24.9 Å². The van der Waals surface area contributed by atoms with Gasteiger partial charge in [-0.1, -0.05) is 0 Å². The monoisotopic (exact) mass is 386 g/mol. The molecule has 7 heteroatoms. The van der Waals surface area contributed by atoms with Crippen LogP contribution in [0.5, 0.6) is 0 Å². The van der Waals surface area contributed by atoms with Crippen molar-refractivity contribution in [3.63, 3.8) is 0 Å². The molecule has 4 aromatic rings. The summed E-state index contributed by atoms with van der Waals surface area (Å²) in [6, 6.07) is 8.75. The van der Waals surface area contributed by atoms with Crippen LogP contribution in [0.3, 0.4) is 0 Å². The van der Waals surface area contributed by atoms with Crippen LogP contribution in [0.15, 0.2) is 49.1 Å². The van der Waals surface area contributed by atoms with E-state index in [-0.39, 0.29) is 5.91 Å². The zero-order valence-electron chi connectivity index (χ0n) is 16.2. The second kappa shape index (κ2) is 6.15. The van der Waals surface area contributed by atoms with Crippen LogP contribution < -0.4 is 0 Å². The number of pyridine rings is 2.